The number of nitrogens with zero attached hydrogens (tertiary/aromatic N) is 2. The van der Waals surface area contributed by atoms with E-state index in [9.17, 15) is 8.42 Å². The zero-order valence-electron chi connectivity index (χ0n) is 13.0. The fourth-order valence-corrected chi connectivity index (χ4v) is 4.85. The Labute approximate surface area is 144 Å². The third kappa shape index (κ3) is 4.31. The maximum absolute atomic E-state index is 12.3. The highest BCUT2D eigenvalue weighted by atomic mass is 35.5. The Morgan fingerprint density at radius 3 is 2.61 bits per heavy atom. The lowest BCUT2D eigenvalue weighted by molar-refractivity contribution is 0.582. The molecule has 3 N–H and O–H groups in total. The van der Waals surface area contributed by atoms with Crippen LogP contribution in [0.3, 0.4) is 0 Å². The van der Waals surface area contributed by atoms with Crippen LogP contribution in [0, 0.1) is 13.8 Å². The van der Waals surface area contributed by atoms with E-state index in [0.29, 0.717) is 28.1 Å². The summed E-state index contributed by atoms with van der Waals surface area (Å²) in [7, 11) is -1.79. The molecular formula is C13H18ClN5O2S2. The molecule has 0 spiro atoms. The van der Waals surface area contributed by atoms with Crippen molar-refractivity contribution in [3.8, 4) is 0 Å². The first-order valence-corrected chi connectivity index (χ1v) is 9.51. The Morgan fingerprint density at radius 2 is 2.00 bits per heavy atom. The van der Waals surface area contributed by atoms with Crippen molar-refractivity contribution < 1.29 is 8.42 Å². The van der Waals surface area contributed by atoms with Crippen molar-refractivity contribution >= 4 is 44.5 Å². The van der Waals surface area contributed by atoms with Gasteiger partial charge in [0.05, 0.1) is 4.90 Å². The molecule has 23 heavy (non-hydrogen) atoms. The van der Waals surface area contributed by atoms with Crippen LogP contribution in [0.1, 0.15) is 9.75 Å². The van der Waals surface area contributed by atoms with Crippen LogP contribution in [0.5, 0.6) is 0 Å². The predicted molar refractivity (Wildman–Crippen MR) is 94.1 cm³/mol. The summed E-state index contributed by atoms with van der Waals surface area (Å²) in [6.07, 6.45) is 1.34. The minimum Gasteiger partial charge on any atom is -0.383 e. The fourth-order valence-electron chi connectivity index (χ4n) is 2.04. The van der Waals surface area contributed by atoms with Gasteiger partial charge in [-0.1, -0.05) is 11.6 Å². The van der Waals surface area contributed by atoms with Gasteiger partial charge in [-0.15, -0.1) is 11.3 Å². The number of anilines is 2. The SMILES string of the molecule is CNc1c(Cl)ncnc1NCCNS(=O)(=O)c1cc(C)sc1C. The van der Waals surface area contributed by atoms with Crippen LogP contribution in [0.2, 0.25) is 5.15 Å². The predicted octanol–water partition coefficient (Wildman–Crippen LogP) is 2.24. The van der Waals surface area contributed by atoms with Crippen molar-refractivity contribution in [1.82, 2.24) is 14.7 Å². The summed E-state index contributed by atoms with van der Waals surface area (Å²) in [4.78, 5) is 10.0. The molecule has 2 aromatic rings. The second kappa shape index (κ2) is 7.43. The van der Waals surface area contributed by atoms with Gasteiger partial charge < -0.3 is 10.6 Å². The molecule has 0 aliphatic carbocycles. The van der Waals surface area contributed by atoms with E-state index in [0.717, 1.165) is 9.75 Å². The maximum Gasteiger partial charge on any atom is 0.241 e. The van der Waals surface area contributed by atoms with Crippen molar-refractivity contribution in [2.24, 2.45) is 0 Å². The summed E-state index contributed by atoms with van der Waals surface area (Å²) in [6, 6.07) is 1.68. The van der Waals surface area contributed by atoms with E-state index in [-0.39, 0.29) is 6.54 Å². The van der Waals surface area contributed by atoms with Gasteiger partial charge in [-0.25, -0.2) is 23.1 Å². The van der Waals surface area contributed by atoms with E-state index in [1.807, 2.05) is 6.92 Å². The van der Waals surface area contributed by atoms with E-state index in [2.05, 4.69) is 25.3 Å². The molecule has 0 aliphatic rings. The van der Waals surface area contributed by atoms with E-state index < -0.39 is 10.0 Å². The lowest BCUT2D eigenvalue weighted by atomic mass is 10.4. The Morgan fingerprint density at radius 1 is 1.26 bits per heavy atom. The normalized spacial score (nSPS) is 11.5. The number of rotatable bonds is 7. The average molecular weight is 376 g/mol. The number of aromatic nitrogens is 2. The molecule has 2 heterocycles. The first-order chi connectivity index (χ1) is 10.8. The number of sulfonamides is 1. The summed E-state index contributed by atoms with van der Waals surface area (Å²) in [5, 5.41) is 6.23. The topological polar surface area (TPSA) is 96.0 Å². The molecule has 0 fully saturated rings. The van der Waals surface area contributed by atoms with Gasteiger partial charge in [0.2, 0.25) is 10.0 Å². The average Bonchev–Trinajstić information content (AvgIpc) is 2.83. The molecule has 0 aromatic carbocycles. The van der Waals surface area contributed by atoms with Gasteiger partial charge in [-0.3, -0.25) is 0 Å². The molecule has 0 bridgehead atoms. The number of aryl methyl sites for hydroxylation is 2. The molecule has 0 amide bonds. The largest absolute Gasteiger partial charge is 0.383 e. The van der Waals surface area contributed by atoms with Crippen molar-refractivity contribution in [2.75, 3.05) is 30.8 Å². The summed E-state index contributed by atoms with van der Waals surface area (Å²) in [5.41, 5.74) is 0.571. The Hall–Kier alpha value is -1.42. The van der Waals surface area contributed by atoms with Crippen LogP contribution >= 0.6 is 22.9 Å². The van der Waals surface area contributed by atoms with E-state index >= 15 is 0 Å². The number of nitrogens with one attached hydrogen (secondary N) is 3. The molecule has 7 nitrogen and oxygen atoms in total. The van der Waals surface area contributed by atoms with Crippen LogP contribution in [0.15, 0.2) is 17.3 Å². The molecule has 0 saturated heterocycles. The summed E-state index contributed by atoms with van der Waals surface area (Å²) < 4.78 is 27.1. The van der Waals surface area contributed by atoms with Crippen molar-refractivity contribution in [2.45, 2.75) is 18.7 Å². The van der Waals surface area contributed by atoms with Crippen LogP contribution in [-0.4, -0.2) is 38.5 Å². The number of halogens is 1. The van der Waals surface area contributed by atoms with E-state index in [4.69, 9.17) is 11.6 Å². The first-order valence-electron chi connectivity index (χ1n) is 6.84. The lowest BCUT2D eigenvalue weighted by Gasteiger charge is -2.11. The van der Waals surface area contributed by atoms with Crippen molar-refractivity contribution in [3.05, 3.63) is 27.3 Å². The molecule has 2 aromatic heterocycles. The number of thiophene rings is 1. The molecule has 0 aliphatic heterocycles. The van der Waals surface area contributed by atoms with Crippen molar-refractivity contribution in [3.63, 3.8) is 0 Å². The highest BCUT2D eigenvalue weighted by Crippen LogP contribution is 2.25. The number of hydrogen-bond acceptors (Lipinski definition) is 7. The van der Waals surface area contributed by atoms with Crippen molar-refractivity contribution in [1.29, 1.82) is 0 Å². The third-order valence-corrected chi connectivity index (χ3v) is 6.01. The second-order valence-electron chi connectivity index (χ2n) is 4.74. The van der Waals surface area contributed by atoms with Gasteiger partial charge in [0.1, 0.15) is 12.0 Å². The monoisotopic (exact) mass is 375 g/mol. The molecule has 126 valence electrons. The standard InChI is InChI=1S/C13H18ClN5O2S2/c1-8-6-10(9(2)22-8)23(20,21)19-5-4-16-13-11(15-3)12(14)17-7-18-13/h6-7,15,19H,4-5H2,1-3H3,(H,16,17,18). The number of hydrogen-bond donors (Lipinski definition) is 3. The molecule has 0 saturated carbocycles. The summed E-state index contributed by atoms with van der Waals surface area (Å²) in [6.45, 7) is 4.27. The van der Waals surface area contributed by atoms with Gasteiger partial charge in [0, 0.05) is 29.9 Å². The first kappa shape index (κ1) is 17.9. The minimum absolute atomic E-state index is 0.224. The van der Waals surface area contributed by atoms with Crippen LogP contribution < -0.4 is 15.4 Å². The van der Waals surface area contributed by atoms with Crippen LogP contribution in [0.4, 0.5) is 11.5 Å². The Bertz CT molecular complexity index is 792. The molecule has 0 atom stereocenters. The molecule has 0 radical (unpaired) electrons. The molecule has 0 unspecified atom stereocenters. The lowest BCUT2D eigenvalue weighted by Crippen LogP contribution is -2.29. The van der Waals surface area contributed by atoms with Gasteiger partial charge in [0.25, 0.3) is 0 Å². The van der Waals surface area contributed by atoms with Crippen LogP contribution in [-0.2, 0) is 10.0 Å². The Kier molecular flexibility index (Phi) is 5.79. The zero-order valence-corrected chi connectivity index (χ0v) is 15.4. The zero-order chi connectivity index (χ0) is 17.0. The summed E-state index contributed by atoms with van der Waals surface area (Å²) in [5.74, 6) is 0.522. The maximum atomic E-state index is 12.3. The van der Waals surface area contributed by atoms with Gasteiger partial charge >= 0.3 is 0 Å². The van der Waals surface area contributed by atoms with Gasteiger partial charge in [-0.05, 0) is 19.9 Å². The fraction of sp³-hybridized carbons (Fsp3) is 0.385. The molecular weight excluding hydrogens is 358 g/mol. The third-order valence-electron chi connectivity index (χ3n) is 3.05. The highest BCUT2D eigenvalue weighted by molar-refractivity contribution is 7.89. The highest BCUT2D eigenvalue weighted by Gasteiger charge is 2.18. The second-order valence-corrected chi connectivity index (χ2v) is 8.29. The smallest absolute Gasteiger partial charge is 0.241 e. The summed E-state index contributed by atoms with van der Waals surface area (Å²) >= 11 is 7.41. The molecule has 2 rings (SSSR count). The molecule has 10 heteroatoms. The minimum atomic E-state index is -3.50. The van der Waals surface area contributed by atoms with E-state index in [1.165, 1.54) is 17.7 Å². The van der Waals surface area contributed by atoms with E-state index in [1.54, 1.807) is 20.0 Å². The van der Waals surface area contributed by atoms with Gasteiger partial charge in [0.15, 0.2) is 11.0 Å². The quantitative estimate of drug-likeness (QED) is 0.507. The Balaban J connectivity index is 1.96. The van der Waals surface area contributed by atoms with Crippen LogP contribution in [0.25, 0.3) is 0 Å². The van der Waals surface area contributed by atoms with Gasteiger partial charge in [-0.2, -0.15) is 0 Å².